The van der Waals surface area contributed by atoms with Crippen LogP contribution < -0.4 is 9.47 Å². The van der Waals surface area contributed by atoms with Crippen LogP contribution in [-0.2, 0) is 19.1 Å². The standard InChI is InChI=1S/C24H23NO8/c1-30-10-9-25-20(14-3-5-15(6-4-14)24(29)31-2)19(22(27)23(25)28)21(26)16-7-8-17-18(13-16)33-12-11-32-17/h3-8,13,20,26H,9-12H2,1-2H3/b21-19-/t20-/m1/s1. The molecule has 1 atom stereocenters. The normalized spacial score (nSPS) is 19.0. The number of Topliss-reactive ketones (excluding diaryl/α,β-unsaturated/α-hetero) is 1. The van der Waals surface area contributed by atoms with Crippen molar-refractivity contribution >= 4 is 23.4 Å². The second kappa shape index (κ2) is 9.33. The molecule has 0 aromatic heterocycles. The van der Waals surface area contributed by atoms with Gasteiger partial charge in [-0.05, 0) is 35.9 Å². The van der Waals surface area contributed by atoms with Gasteiger partial charge in [-0.3, -0.25) is 9.59 Å². The van der Waals surface area contributed by atoms with E-state index in [1.807, 2.05) is 0 Å². The first-order chi connectivity index (χ1) is 16.0. The molecule has 0 radical (unpaired) electrons. The number of benzene rings is 2. The van der Waals surface area contributed by atoms with E-state index < -0.39 is 23.7 Å². The number of ketones is 1. The van der Waals surface area contributed by atoms with Crippen LogP contribution in [-0.4, -0.2) is 68.3 Å². The molecular weight excluding hydrogens is 430 g/mol. The molecule has 9 heteroatoms. The quantitative estimate of drug-likeness (QED) is 0.307. The van der Waals surface area contributed by atoms with Gasteiger partial charge in [-0.1, -0.05) is 12.1 Å². The number of aliphatic hydroxyl groups is 1. The van der Waals surface area contributed by atoms with Crippen molar-refractivity contribution in [2.45, 2.75) is 6.04 Å². The molecule has 1 amide bonds. The van der Waals surface area contributed by atoms with Crippen molar-refractivity contribution < 1.29 is 38.4 Å². The minimum atomic E-state index is -0.861. The number of hydrogen-bond donors (Lipinski definition) is 1. The highest BCUT2D eigenvalue weighted by molar-refractivity contribution is 6.46. The molecule has 2 aliphatic rings. The fourth-order valence-electron chi connectivity index (χ4n) is 3.91. The number of aliphatic hydroxyl groups excluding tert-OH is 1. The SMILES string of the molecule is COCCN1C(=O)C(=O)/C(=C(\O)c2ccc3c(c2)OCCO3)[C@H]1c1ccc(C(=O)OC)cc1. The zero-order valence-corrected chi connectivity index (χ0v) is 18.2. The van der Waals surface area contributed by atoms with Gasteiger partial charge in [-0.2, -0.15) is 0 Å². The van der Waals surface area contributed by atoms with Gasteiger partial charge in [0.25, 0.3) is 11.7 Å². The molecule has 0 saturated carbocycles. The highest BCUT2D eigenvalue weighted by Gasteiger charge is 2.46. The van der Waals surface area contributed by atoms with Gasteiger partial charge in [0.05, 0.1) is 30.9 Å². The summed E-state index contributed by atoms with van der Waals surface area (Å²) in [4.78, 5) is 39.0. The molecule has 0 bridgehead atoms. The van der Waals surface area contributed by atoms with Gasteiger partial charge in [-0.25, -0.2) is 4.79 Å². The number of likely N-dealkylation sites (tertiary alicyclic amines) is 1. The third-order valence-corrected chi connectivity index (χ3v) is 5.54. The number of esters is 1. The van der Waals surface area contributed by atoms with E-state index in [1.165, 1.54) is 19.1 Å². The van der Waals surface area contributed by atoms with Crippen LogP contribution in [0.5, 0.6) is 11.5 Å². The summed E-state index contributed by atoms with van der Waals surface area (Å²) in [6, 6.07) is 10.3. The molecule has 4 rings (SSSR count). The number of methoxy groups -OCH3 is 2. The molecule has 33 heavy (non-hydrogen) atoms. The fraction of sp³-hybridized carbons (Fsp3) is 0.292. The van der Waals surface area contributed by atoms with Crippen molar-refractivity contribution in [1.82, 2.24) is 4.90 Å². The second-order valence-electron chi connectivity index (χ2n) is 7.46. The van der Waals surface area contributed by atoms with E-state index in [4.69, 9.17) is 18.9 Å². The van der Waals surface area contributed by atoms with Crippen molar-refractivity contribution in [3.8, 4) is 11.5 Å². The Balaban J connectivity index is 1.80. The van der Waals surface area contributed by atoms with Crippen molar-refractivity contribution in [1.29, 1.82) is 0 Å². The van der Waals surface area contributed by atoms with Crippen molar-refractivity contribution in [2.75, 3.05) is 40.6 Å². The van der Waals surface area contributed by atoms with E-state index in [9.17, 15) is 19.5 Å². The molecule has 1 fully saturated rings. The molecule has 1 N–H and O–H groups in total. The molecule has 0 aliphatic carbocycles. The van der Waals surface area contributed by atoms with Crippen molar-refractivity contribution in [3.63, 3.8) is 0 Å². The molecule has 2 heterocycles. The summed E-state index contributed by atoms with van der Waals surface area (Å²) in [5.74, 6) is -1.40. The summed E-state index contributed by atoms with van der Waals surface area (Å²) < 4.78 is 20.9. The summed E-state index contributed by atoms with van der Waals surface area (Å²) in [6.45, 7) is 1.13. The van der Waals surface area contributed by atoms with Crippen LogP contribution in [0.1, 0.15) is 27.5 Å². The topological polar surface area (TPSA) is 112 Å². The first-order valence-corrected chi connectivity index (χ1v) is 10.3. The predicted molar refractivity (Wildman–Crippen MR) is 116 cm³/mol. The number of carbonyl (C=O) groups excluding carboxylic acids is 3. The Morgan fingerprint density at radius 2 is 1.70 bits per heavy atom. The van der Waals surface area contributed by atoms with Gasteiger partial charge in [-0.15, -0.1) is 0 Å². The molecule has 1 saturated heterocycles. The Kier molecular flexibility index (Phi) is 6.32. The van der Waals surface area contributed by atoms with E-state index in [-0.39, 0.29) is 24.5 Å². The Morgan fingerprint density at radius 3 is 2.36 bits per heavy atom. The maximum Gasteiger partial charge on any atom is 0.337 e. The highest BCUT2D eigenvalue weighted by Crippen LogP contribution is 2.41. The smallest absolute Gasteiger partial charge is 0.337 e. The number of rotatable bonds is 6. The molecule has 172 valence electrons. The van der Waals surface area contributed by atoms with Gasteiger partial charge in [0.1, 0.15) is 19.0 Å². The van der Waals surface area contributed by atoms with Gasteiger partial charge in [0.2, 0.25) is 0 Å². The van der Waals surface area contributed by atoms with Gasteiger partial charge < -0.3 is 29.0 Å². The summed E-state index contributed by atoms with van der Waals surface area (Å²) >= 11 is 0. The van der Waals surface area contributed by atoms with E-state index in [0.29, 0.717) is 41.4 Å². The lowest BCUT2D eigenvalue weighted by atomic mass is 9.94. The minimum absolute atomic E-state index is 0.0569. The maximum atomic E-state index is 13.0. The van der Waals surface area contributed by atoms with E-state index in [2.05, 4.69) is 0 Å². The van der Waals surface area contributed by atoms with E-state index in [1.54, 1.807) is 42.5 Å². The monoisotopic (exact) mass is 453 g/mol. The number of ether oxygens (including phenoxy) is 4. The number of amides is 1. The molecule has 2 aliphatic heterocycles. The first-order valence-electron chi connectivity index (χ1n) is 10.3. The van der Waals surface area contributed by atoms with Crippen molar-refractivity contribution in [2.24, 2.45) is 0 Å². The number of nitrogens with zero attached hydrogens (tertiary/aromatic N) is 1. The number of carbonyl (C=O) groups is 3. The summed E-state index contributed by atoms with van der Waals surface area (Å²) in [5.41, 5.74) is 1.14. The predicted octanol–water partition coefficient (Wildman–Crippen LogP) is 2.31. The lowest BCUT2D eigenvalue weighted by molar-refractivity contribution is -0.140. The van der Waals surface area contributed by atoms with Crippen molar-refractivity contribution in [3.05, 3.63) is 64.7 Å². The molecule has 9 nitrogen and oxygen atoms in total. The van der Waals surface area contributed by atoms with Crippen LogP contribution in [0.15, 0.2) is 48.0 Å². The largest absolute Gasteiger partial charge is 0.507 e. The molecule has 2 aromatic carbocycles. The van der Waals surface area contributed by atoms with Crippen LogP contribution in [0.4, 0.5) is 0 Å². The van der Waals surface area contributed by atoms with Crippen LogP contribution >= 0.6 is 0 Å². The van der Waals surface area contributed by atoms with Gasteiger partial charge >= 0.3 is 5.97 Å². The third kappa shape index (κ3) is 4.14. The Morgan fingerprint density at radius 1 is 1.03 bits per heavy atom. The van der Waals surface area contributed by atoms with Crippen LogP contribution in [0.3, 0.4) is 0 Å². The second-order valence-corrected chi connectivity index (χ2v) is 7.46. The number of hydrogen-bond acceptors (Lipinski definition) is 8. The average Bonchev–Trinajstić information content (AvgIpc) is 3.11. The lowest BCUT2D eigenvalue weighted by Gasteiger charge is -2.25. The highest BCUT2D eigenvalue weighted by atomic mass is 16.6. The number of fused-ring (bicyclic) bond motifs is 1. The molecule has 0 unspecified atom stereocenters. The summed E-state index contributed by atoms with van der Waals surface area (Å²) in [7, 11) is 2.77. The average molecular weight is 453 g/mol. The molecular formula is C24H23NO8. The first kappa shape index (κ1) is 22.3. The molecule has 0 spiro atoms. The van der Waals surface area contributed by atoms with Gasteiger partial charge in [0, 0.05) is 19.2 Å². The third-order valence-electron chi connectivity index (χ3n) is 5.54. The van der Waals surface area contributed by atoms with Crippen LogP contribution in [0.2, 0.25) is 0 Å². The molecule has 2 aromatic rings. The zero-order chi connectivity index (χ0) is 23.5. The lowest BCUT2D eigenvalue weighted by Crippen LogP contribution is -2.32. The van der Waals surface area contributed by atoms with Crippen LogP contribution in [0, 0.1) is 0 Å². The minimum Gasteiger partial charge on any atom is -0.507 e. The Labute approximate surface area is 190 Å². The van der Waals surface area contributed by atoms with Crippen LogP contribution in [0.25, 0.3) is 5.76 Å². The Hall–Kier alpha value is -3.85. The Bertz CT molecular complexity index is 1120. The van der Waals surface area contributed by atoms with E-state index in [0.717, 1.165) is 0 Å². The maximum absolute atomic E-state index is 13.0. The fourth-order valence-corrected chi connectivity index (χ4v) is 3.91. The zero-order valence-electron chi connectivity index (χ0n) is 18.2. The van der Waals surface area contributed by atoms with E-state index >= 15 is 0 Å². The summed E-state index contributed by atoms with van der Waals surface area (Å²) in [6.07, 6.45) is 0. The summed E-state index contributed by atoms with van der Waals surface area (Å²) in [5, 5.41) is 11.1. The van der Waals surface area contributed by atoms with Gasteiger partial charge in [0.15, 0.2) is 11.5 Å².